The van der Waals surface area contributed by atoms with Crippen LogP contribution in [-0.2, 0) is 4.79 Å². The first-order valence-electron chi connectivity index (χ1n) is 6.78. The van der Waals surface area contributed by atoms with Crippen molar-refractivity contribution in [2.75, 3.05) is 5.32 Å². The molecule has 9 heteroatoms. The van der Waals surface area contributed by atoms with Gasteiger partial charge in [0.15, 0.2) is 0 Å². The zero-order valence-electron chi connectivity index (χ0n) is 12.4. The third-order valence-corrected chi connectivity index (χ3v) is 3.73. The van der Waals surface area contributed by atoms with E-state index in [1.54, 1.807) is 6.92 Å². The lowest BCUT2D eigenvalue weighted by atomic mass is 10.00. The van der Waals surface area contributed by atoms with Crippen molar-refractivity contribution in [3.05, 3.63) is 73.3 Å². The van der Waals surface area contributed by atoms with E-state index in [2.05, 4.69) is 5.32 Å². The van der Waals surface area contributed by atoms with Gasteiger partial charge in [-0.05, 0) is 24.6 Å². The monoisotopic (exact) mass is 349 g/mol. The lowest BCUT2D eigenvalue weighted by Crippen LogP contribution is -2.18. The molecule has 1 amide bonds. The largest absolute Gasteiger partial charge is 0.325 e. The fraction of sp³-hybridized carbons (Fsp3) is 0.133. The Morgan fingerprint density at radius 2 is 1.71 bits per heavy atom. The second kappa shape index (κ2) is 7.05. The van der Waals surface area contributed by atoms with Crippen LogP contribution in [0.4, 0.5) is 17.1 Å². The molecular weight excluding hydrogens is 338 g/mol. The first kappa shape index (κ1) is 17.4. The molecule has 0 aromatic heterocycles. The van der Waals surface area contributed by atoms with Gasteiger partial charge in [-0.2, -0.15) is 0 Å². The van der Waals surface area contributed by atoms with Gasteiger partial charge in [-0.3, -0.25) is 25.0 Å². The van der Waals surface area contributed by atoms with Gasteiger partial charge in [0.25, 0.3) is 11.4 Å². The summed E-state index contributed by atoms with van der Waals surface area (Å²) in [6.07, 6.45) is 0. The Morgan fingerprint density at radius 1 is 1.08 bits per heavy atom. The maximum atomic E-state index is 12.2. The third-order valence-electron chi connectivity index (χ3n) is 3.41. The molecule has 124 valence electrons. The van der Waals surface area contributed by atoms with E-state index in [0.29, 0.717) is 5.56 Å². The van der Waals surface area contributed by atoms with Gasteiger partial charge in [0.1, 0.15) is 5.02 Å². The minimum Gasteiger partial charge on any atom is -0.325 e. The van der Waals surface area contributed by atoms with E-state index in [9.17, 15) is 25.0 Å². The van der Waals surface area contributed by atoms with E-state index in [1.807, 2.05) is 0 Å². The second-order valence-corrected chi connectivity index (χ2v) is 5.39. The highest BCUT2D eigenvalue weighted by atomic mass is 35.5. The van der Waals surface area contributed by atoms with Crippen molar-refractivity contribution < 1.29 is 14.6 Å². The minimum atomic E-state index is -0.641. The van der Waals surface area contributed by atoms with Crippen LogP contribution >= 0.6 is 11.6 Å². The highest BCUT2D eigenvalue weighted by Gasteiger charge is 2.19. The molecule has 2 rings (SSSR count). The van der Waals surface area contributed by atoms with Crippen molar-refractivity contribution in [3.63, 3.8) is 0 Å². The number of amides is 1. The molecule has 1 atom stereocenters. The quantitative estimate of drug-likeness (QED) is 0.649. The minimum absolute atomic E-state index is 0.0265. The number of benzene rings is 2. The molecule has 0 aliphatic heterocycles. The van der Waals surface area contributed by atoms with E-state index < -0.39 is 21.7 Å². The fourth-order valence-corrected chi connectivity index (χ4v) is 2.20. The van der Waals surface area contributed by atoms with Crippen LogP contribution in [0, 0.1) is 20.2 Å². The van der Waals surface area contributed by atoms with Gasteiger partial charge >= 0.3 is 0 Å². The smallest absolute Gasteiger partial charge is 0.289 e. The Kier molecular flexibility index (Phi) is 5.10. The van der Waals surface area contributed by atoms with Crippen molar-refractivity contribution >= 4 is 34.6 Å². The van der Waals surface area contributed by atoms with Crippen molar-refractivity contribution in [2.45, 2.75) is 12.8 Å². The van der Waals surface area contributed by atoms with Gasteiger partial charge in [0.05, 0.1) is 15.8 Å². The molecule has 2 aromatic rings. The highest BCUT2D eigenvalue weighted by Crippen LogP contribution is 2.28. The van der Waals surface area contributed by atoms with Crippen LogP contribution in [0.5, 0.6) is 0 Å². The van der Waals surface area contributed by atoms with E-state index in [1.165, 1.54) is 42.5 Å². The van der Waals surface area contributed by atoms with E-state index in [4.69, 9.17) is 11.6 Å². The number of carbonyl (C=O) groups is 1. The summed E-state index contributed by atoms with van der Waals surface area (Å²) < 4.78 is 0. The summed E-state index contributed by atoms with van der Waals surface area (Å²) in [4.78, 5) is 32.6. The molecule has 0 radical (unpaired) electrons. The summed E-state index contributed by atoms with van der Waals surface area (Å²) in [5, 5.41) is 24.0. The molecule has 0 aliphatic rings. The summed E-state index contributed by atoms with van der Waals surface area (Å²) in [6.45, 7) is 1.63. The van der Waals surface area contributed by atoms with Gasteiger partial charge < -0.3 is 5.32 Å². The Balaban J connectivity index is 2.15. The average molecular weight is 350 g/mol. The standard InChI is InChI=1S/C15H12ClN3O5/c1-9(10-2-5-12(6-3-10)18(21)22)15(20)17-11-4-7-13(16)14(8-11)19(23)24/h2-9H,1H3,(H,17,20)/t9-/m1/s1. The van der Waals surface area contributed by atoms with Crippen molar-refractivity contribution in [1.82, 2.24) is 0 Å². The van der Waals surface area contributed by atoms with Crippen molar-refractivity contribution in [1.29, 1.82) is 0 Å². The van der Waals surface area contributed by atoms with Gasteiger partial charge in [-0.15, -0.1) is 0 Å². The molecule has 0 heterocycles. The van der Waals surface area contributed by atoms with E-state index in [-0.39, 0.29) is 22.1 Å². The van der Waals surface area contributed by atoms with Crippen molar-refractivity contribution in [3.8, 4) is 0 Å². The Bertz CT molecular complexity index is 807. The first-order chi connectivity index (χ1) is 11.3. The molecule has 0 aliphatic carbocycles. The predicted octanol–water partition coefficient (Wildman–Crippen LogP) is 3.90. The maximum Gasteiger partial charge on any atom is 0.289 e. The normalized spacial score (nSPS) is 11.6. The number of rotatable bonds is 5. The number of nitrogens with zero attached hydrogens (tertiary/aromatic N) is 2. The molecule has 0 saturated heterocycles. The highest BCUT2D eigenvalue weighted by molar-refractivity contribution is 6.32. The topological polar surface area (TPSA) is 115 Å². The van der Waals surface area contributed by atoms with Crippen LogP contribution < -0.4 is 5.32 Å². The molecule has 0 fully saturated rings. The number of hydrogen-bond acceptors (Lipinski definition) is 5. The molecule has 8 nitrogen and oxygen atoms in total. The number of hydrogen-bond donors (Lipinski definition) is 1. The van der Waals surface area contributed by atoms with Crippen LogP contribution in [0.3, 0.4) is 0 Å². The number of carbonyl (C=O) groups excluding carboxylic acids is 1. The van der Waals surface area contributed by atoms with Gasteiger partial charge in [-0.25, -0.2) is 0 Å². The number of non-ortho nitro benzene ring substituents is 1. The lowest BCUT2D eigenvalue weighted by Gasteiger charge is -2.12. The van der Waals surface area contributed by atoms with Crippen LogP contribution in [-0.4, -0.2) is 15.8 Å². The van der Waals surface area contributed by atoms with Gasteiger partial charge in [-0.1, -0.05) is 23.7 Å². The molecule has 0 bridgehead atoms. The summed E-state index contributed by atoms with van der Waals surface area (Å²) in [7, 11) is 0. The average Bonchev–Trinajstić information content (AvgIpc) is 2.55. The molecule has 2 aromatic carbocycles. The van der Waals surface area contributed by atoms with Crippen LogP contribution in [0.25, 0.3) is 0 Å². The lowest BCUT2D eigenvalue weighted by molar-refractivity contribution is -0.385. The number of halogens is 1. The van der Waals surface area contributed by atoms with Crippen LogP contribution in [0.1, 0.15) is 18.4 Å². The molecule has 0 unspecified atom stereocenters. The van der Waals surface area contributed by atoms with Gasteiger partial charge in [0.2, 0.25) is 5.91 Å². The first-order valence-corrected chi connectivity index (χ1v) is 7.16. The number of nitro groups is 2. The SMILES string of the molecule is C[C@@H](C(=O)Nc1ccc(Cl)c([N+](=O)[O-])c1)c1ccc([N+](=O)[O-])cc1. The van der Waals surface area contributed by atoms with Crippen LogP contribution in [0.15, 0.2) is 42.5 Å². The van der Waals surface area contributed by atoms with E-state index in [0.717, 1.165) is 0 Å². The molecule has 0 spiro atoms. The van der Waals surface area contributed by atoms with Crippen LogP contribution in [0.2, 0.25) is 5.02 Å². The second-order valence-electron chi connectivity index (χ2n) is 4.98. The summed E-state index contributed by atoms with van der Waals surface area (Å²) >= 11 is 5.72. The molecule has 1 N–H and O–H groups in total. The maximum absolute atomic E-state index is 12.2. The molecular formula is C15H12ClN3O5. The Hall–Kier alpha value is -3.00. The zero-order valence-corrected chi connectivity index (χ0v) is 13.2. The molecule has 0 saturated carbocycles. The Morgan fingerprint density at radius 3 is 2.25 bits per heavy atom. The van der Waals surface area contributed by atoms with Gasteiger partial charge in [0, 0.05) is 23.9 Å². The zero-order chi connectivity index (χ0) is 17.9. The summed E-state index contributed by atoms with van der Waals surface area (Å²) in [6, 6.07) is 9.56. The summed E-state index contributed by atoms with van der Waals surface area (Å²) in [5.41, 5.74) is 0.448. The number of anilines is 1. The Labute approximate surface area is 141 Å². The third kappa shape index (κ3) is 3.85. The molecule has 24 heavy (non-hydrogen) atoms. The predicted molar refractivity (Wildman–Crippen MR) is 88.2 cm³/mol. The number of nitro benzene ring substituents is 2. The fourth-order valence-electron chi connectivity index (χ4n) is 2.02. The summed E-state index contributed by atoms with van der Waals surface area (Å²) in [5.74, 6) is -0.999. The number of nitrogens with one attached hydrogen (secondary N) is 1. The van der Waals surface area contributed by atoms with E-state index >= 15 is 0 Å². The van der Waals surface area contributed by atoms with Crippen molar-refractivity contribution in [2.24, 2.45) is 0 Å².